The van der Waals surface area contributed by atoms with E-state index >= 15 is 0 Å². The van der Waals surface area contributed by atoms with Crippen molar-refractivity contribution in [2.75, 3.05) is 17.2 Å². The van der Waals surface area contributed by atoms with Gasteiger partial charge in [-0.15, -0.1) is 0 Å². The molecule has 0 saturated heterocycles. The quantitative estimate of drug-likeness (QED) is 0.278. The smallest absolute Gasteiger partial charge is 0.306 e. The van der Waals surface area contributed by atoms with Crippen molar-refractivity contribution in [1.29, 1.82) is 0 Å². The molecule has 0 radical (unpaired) electrons. The minimum Gasteiger partial charge on any atom is -0.465 e. The van der Waals surface area contributed by atoms with Gasteiger partial charge in [-0.25, -0.2) is 0 Å². The fourth-order valence-corrected chi connectivity index (χ4v) is 3.50. The molecule has 3 aromatic rings. The lowest BCUT2D eigenvalue weighted by molar-refractivity contribution is -0.144. The number of benzene rings is 3. The maximum Gasteiger partial charge on any atom is 0.306 e. The lowest BCUT2D eigenvalue weighted by Crippen LogP contribution is -2.34. The Morgan fingerprint density at radius 2 is 1.54 bits per heavy atom. The Kier molecular flexibility index (Phi) is 9.77. The average molecular weight is 510 g/mol. The van der Waals surface area contributed by atoms with Crippen molar-refractivity contribution in [3.05, 3.63) is 95.0 Å². The van der Waals surface area contributed by atoms with Crippen LogP contribution in [0, 0.1) is 0 Å². The number of hydrogen-bond acceptors (Lipinski definition) is 5. The zero-order chi connectivity index (χ0) is 25.0. The molecule has 0 spiro atoms. The Morgan fingerprint density at radius 3 is 2.29 bits per heavy atom. The van der Waals surface area contributed by atoms with Crippen LogP contribution in [0.25, 0.3) is 0 Å². The van der Waals surface area contributed by atoms with Crippen molar-refractivity contribution in [2.24, 2.45) is 0 Å². The number of halogens is 1. The molecule has 0 aliphatic carbocycles. The van der Waals surface area contributed by atoms with Crippen LogP contribution in [0.1, 0.15) is 28.8 Å². The van der Waals surface area contributed by atoms with E-state index in [-0.39, 0.29) is 30.5 Å². The SMILES string of the molecule is O=C(CCC(=O)OCCc1ccccc1)NC(=S)Nc1cccc(C(=O)Nc2cccc(Cl)c2)c1. The van der Waals surface area contributed by atoms with Crippen LogP contribution in [0.2, 0.25) is 5.02 Å². The highest BCUT2D eigenvalue weighted by atomic mass is 35.5. The van der Waals surface area contributed by atoms with E-state index < -0.39 is 11.9 Å². The van der Waals surface area contributed by atoms with Crippen LogP contribution in [0.4, 0.5) is 11.4 Å². The van der Waals surface area contributed by atoms with Gasteiger partial charge in [-0.3, -0.25) is 14.4 Å². The summed E-state index contributed by atoms with van der Waals surface area (Å²) in [7, 11) is 0. The summed E-state index contributed by atoms with van der Waals surface area (Å²) in [6.45, 7) is 0.256. The van der Waals surface area contributed by atoms with E-state index in [9.17, 15) is 14.4 Å². The van der Waals surface area contributed by atoms with E-state index in [1.165, 1.54) is 0 Å². The van der Waals surface area contributed by atoms with Gasteiger partial charge in [0.15, 0.2) is 5.11 Å². The van der Waals surface area contributed by atoms with Crippen LogP contribution in [-0.4, -0.2) is 29.5 Å². The second-order valence-corrected chi connectivity index (χ2v) is 8.35. The van der Waals surface area contributed by atoms with E-state index in [0.717, 1.165) is 5.56 Å². The zero-order valence-corrected chi connectivity index (χ0v) is 20.3. The van der Waals surface area contributed by atoms with Crippen LogP contribution in [0.5, 0.6) is 0 Å². The number of anilines is 2. The first-order valence-corrected chi connectivity index (χ1v) is 11.6. The summed E-state index contributed by atoms with van der Waals surface area (Å²) < 4.78 is 5.17. The molecule has 0 saturated carbocycles. The Bertz CT molecular complexity index is 1200. The fraction of sp³-hybridized carbons (Fsp3) is 0.154. The van der Waals surface area contributed by atoms with Crippen LogP contribution in [0.15, 0.2) is 78.9 Å². The molecule has 0 aliphatic rings. The van der Waals surface area contributed by atoms with Crippen molar-refractivity contribution >= 4 is 58.1 Å². The standard InChI is InChI=1S/C26H24ClN3O4S/c27-20-9-5-11-22(17-20)28-25(33)19-8-4-10-21(16-19)29-26(35)30-23(31)12-13-24(32)34-15-14-18-6-2-1-3-7-18/h1-11,16-17H,12-15H2,(H,28,33)(H2,29,30,31,35). The number of hydrogen-bond donors (Lipinski definition) is 3. The number of thiocarbonyl (C=S) groups is 1. The Morgan fingerprint density at radius 1 is 0.829 bits per heavy atom. The Balaban J connectivity index is 1.40. The maximum absolute atomic E-state index is 12.5. The van der Waals surface area contributed by atoms with E-state index in [1.54, 1.807) is 48.5 Å². The molecule has 9 heteroatoms. The van der Waals surface area contributed by atoms with Crippen molar-refractivity contribution < 1.29 is 19.1 Å². The molecule has 0 aliphatic heterocycles. The summed E-state index contributed by atoms with van der Waals surface area (Å²) >= 11 is 11.1. The van der Waals surface area contributed by atoms with Crippen LogP contribution in [-0.2, 0) is 20.7 Å². The minimum absolute atomic E-state index is 0.0532. The van der Waals surface area contributed by atoms with Gasteiger partial charge in [-0.1, -0.05) is 54.1 Å². The third-order valence-electron chi connectivity index (χ3n) is 4.77. The van der Waals surface area contributed by atoms with Crippen LogP contribution < -0.4 is 16.0 Å². The molecule has 0 atom stereocenters. The molecular formula is C26H24ClN3O4S. The molecule has 2 amide bonds. The molecule has 3 rings (SSSR count). The normalized spacial score (nSPS) is 10.2. The third kappa shape index (κ3) is 9.19. The van der Waals surface area contributed by atoms with Crippen molar-refractivity contribution in [2.45, 2.75) is 19.3 Å². The van der Waals surface area contributed by atoms with Crippen LogP contribution in [0.3, 0.4) is 0 Å². The molecule has 3 N–H and O–H groups in total. The third-order valence-corrected chi connectivity index (χ3v) is 5.21. The zero-order valence-electron chi connectivity index (χ0n) is 18.8. The number of carbonyl (C=O) groups excluding carboxylic acids is 3. The maximum atomic E-state index is 12.5. The molecule has 3 aromatic carbocycles. The fourth-order valence-electron chi connectivity index (χ4n) is 3.07. The number of carbonyl (C=O) groups is 3. The Labute approximate surface area is 213 Å². The van der Waals surface area contributed by atoms with Gasteiger partial charge >= 0.3 is 5.97 Å². The van der Waals surface area contributed by atoms with Gasteiger partial charge in [-0.2, -0.15) is 0 Å². The van der Waals surface area contributed by atoms with E-state index in [4.69, 9.17) is 28.6 Å². The predicted octanol–water partition coefficient (Wildman–Crippen LogP) is 4.97. The first-order chi connectivity index (χ1) is 16.9. The highest BCUT2D eigenvalue weighted by Crippen LogP contribution is 2.17. The monoisotopic (exact) mass is 509 g/mol. The second-order valence-electron chi connectivity index (χ2n) is 7.50. The molecule has 180 valence electrons. The number of nitrogens with one attached hydrogen (secondary N) is 3. The van der Waals surface area contributed by atoms with E-state index in [0.29, 0.717) is 28.4 Å². The van der Waals surface area contributed by atoms with Gasteiger partial charge in [0.2, 0.25) is 5.91 Å². The molecule has 0 bridgehead atoms. The molecule has 0 unspecified atom stereocenters. The van der Waals surface area contributed by atoms with Gasteiger partial charge in [0.25, 0.3) is 5.91 Å². The Hall–Kier alpha value is -3.75. The lowest BCUT2D eigenvalue weighted by Gasteiger charge is -2.11. The molecule has 0 heterocycles. The summed E-state index contributed by atoms with van der Waals surface area (Å²) in [6, 6.07) is 23.1. The van der Waals surface area contributed by atoms with Gasteiger partial charge < -0.3 is 20.7 Å². The first kappa shape index (κ1) is 25.9. The summed E-state index contributed by atoms with van der Waals surface area (Å²) in [5.41, 5.74) is 2.56. The number of amides is 2. The van der Waals surface area contributed by atoms with Gasteiger partial charge in [0.1, 0.15) is 0 Å². The highest BCUT2D eigenvalue weighted by Gasteiger charge is 2.11. The highest BCUT2D eigenvalue weighted by molar-refractivity contribution is 7.80. The van der Waals surface area contributed by atoms with E-state index in [2.05, 4.69) is 16.0 Å². The van der Waals surface area contributed by atoms with E-state index in [1.807, 2.05) is 30.3 Å². The first-order valence-electron chi connectivity index (χ1n) is 10.9. The minimum atomic E-state index is -0.451. The van der Waals surface area contributed by atoms with Crippen molar-refractivity contribution in [3.63, 3.8) is 0 Å². The topological polar surface area (TPSA) is 96.5 Å². The molecule has 0 aromatic heterocycles. The average Bonchev–Trinajstić information content (AvgIpc) is 2.83. The summed E-state index contributed by atoms with van der Waals surface area (Å²) in [6.07, 6.45) is 0.499. The van der Waals surface area contributed by atoms with Gasteiger partial charge in [0, 0.05) is 34.8 Å². The van der Waals surface area contributed by atoms with Crippen LogP contribution >= 0.6 is 23.8 Å². The number of rotatable bonds is 9. The molecule has 0 fully saturated rings. The predicted molar refractivity (Wildman–Crippen MR) is 141 cm³/mol. The molecule has 35 heavy (non-hydrogen) atoms. The largest absolute Gasteiger partial charge is 0.465 e. The van der Waals surface area contributed by atoms with Gasteiger partial charge in [0.05, 0.1) is 13.0 Å². The lowest BCUT2D eigenvalue weighted by atomic mass is 10.2. The van der Waals surface area contributed by atoms with Crippen molar-refractivity contribution in [3.8, 4) is 0 Å². The number of ether oxygens (including phenoxy) is 1. The molecular weight excluding hydrogens is 486 g/mol. The van der Waals surface area contributed by atoms with Crippen molar-refractivity contribution in [1.82, 2.24) is 5.32 Å². The summed E-state index contributed by atoms with van der Waals surface area (Å²) in [4.78, 5) is 36.5. The molecule has 7 nitrogen and oxygen atoms in total. The summed E-state index contributed by atoms with van der Waals surface area (Å²) in [5, 5.41) is 8.72. The van der Waals surface area contributed by atoms with Gasteiger partial charge in [-0.05, 0) is 54.2 Å². The summed E-state index contributed by atoms with van der Waals surface area (Å²) in [5.74, 6) is -1.19. The second kappa shape index (κ2) is 13.2. The number of esters is 1.